The minimum Gasteiger partial charge on any atom is -0.340 e. The first-order valence-corrected chi connectivity index (χ1v) is 7.47. The third kappa shape index (κ3) is 3.93. The van der Waals surface area contributed by atoms with E-state index in [4.69, 9.17) is 0 Å². The molecule has 2 aliphatic heterocycles. The number of carbonyl (C=O) groups is 2. The molecule has 2 saturated heterocycles. The summed E-state index contributed by atoms with van der Waals surface area (Å²) >= 11 is 0. The summed E-state index contributed by atoms with van der Waals surface area (Å²) in [5, 5.41) is 3.28. The van der Waals surface area contributed by atoms with Gasteiger partial charge in [-0.3, -0.25) is 9.59 Å². The second-order valence-electron chi connectivity index (χ2n) is 5.62. The number of amides is 2. The Morgan fingerprint density at radius 1 is 1.37 bits per heavy atom. The Morgan fingerprint density at radius 2 is 2.21 bits per heavy atom. The van der Waals surface area contributed by atoms with Crippen LogP contribution in [0.2, 0.25) is 0 Å². The Bertz CT molecular complexity index is 325. The summed E-state index contributed by atoms with van der Waals surface area (Å²) < 4.78 is 0. The standard InChI is InChI=1S/C14H25N3O2/c1-2-4-12-9-13(18)17(10-12)11-14(19)16-7-3-5-15-6-8-16/h12,15H,2-11H2,1H3. The zero-order chi connectivity index (χ0) is 13.7. The summed E-state index contributed by atoms with van der Waals surface area (Å²) in [5.41, 5.74) is 0. The highest BCUT2D eigenvalue weighted by Gasteiger charge is 2.31. The van der Waals surface area contributed by atoms with Crippen LogP contribution in [0.15, 0.2) is 0 Å². The highest BCUT2D eigenvalue weighted by Crippen LogP contribution is 2.21. The van der Waals surface area contributed by atoms with Crippen molar-refractivity contribution >= 4 is 11.8 Å². The van der Waals surface area contributed by atoms with E-state index < -0.39 is 0 Å². The highest BCUT2D eigenvalue weighted by atomic mass is 16.2. The molecule has 0 aromatic rings. The highest BCUT2D eigenvalue weighted by molar-refractivity contribution is 5.86. The Balaban J connectivity index is 1.82. The monoisotopic (exact) mass is 267 g/mol. The molecule has 19 heavy (non-hydrogen) atoms. The minimum absolute atomic E-state index is 0.106. The van der Waals surface area contributed by atoms with E-state index in [0.717, 1.165) is 52.0 Å². The van der Waals surface area contributed by atoms with Gasteiger partial charge in [-0.05, 0) is 25.3 Å². The van der Waals surface area contributed by atoms with Crippen molar-refractivity contribution in [1.29, 1.82) is 0 Å². The maximum atomic E-state index is 12.2. The summed E-state index contributed by atoms with van der Waals surface area (Å²) in [6.45, 7) is 6.60. The van der Waals surface area contributed by atoms with Crippen molar-refractivity contribution in [2.24, 2.45) is 5.92 Å². The van der Waals surface area contributed by atoms with Gasteiger partial charge in [0.1, 0.15) is 0 Å². The molecule has 0 aromatic carbocycles. The average Bonchev–Trinajstić information content (AvgIpc) is 2.60. The van der Waals surface area contributed by atoms with Crippen molar-refractivity contribution in [3.05, 3.63) is 0 Å². The molecule has 2 heterocycles. The molecule has 0 saturated carbocycles. The lowest BCUT2D eigenvalue weighted by Crippen LogP contribution is -2.42. The zero-order valence-corrected chi connectivity index (χ0v) is 11.9. The van der Waals surface area contributed by atoms with Crippen LogP contribution in [0.25, 0.3) is 0 Å². The van der Waals surface area contributed by atoms with Crippen LogP contribution in [-0.4, -0.2) is 60.9 Å². The Labute approximate surface area is 115 Å². The van der Waals surface area contributed by atoms with Crippen molar-refractivity contribution in [3.63, 3.8) is 0 Å². The first-order valence-electron chi connectivity index (χ1n) is 7.47. The van der Waals surface area contributed by atoms with Gasteiger partial charge < -0.3 is 15.1 Å². The topological polar surface area (TPSA) is 52.7 Å². The van der Waals surface area contributed by atoms with Crippen molar-refractivity contribution in [1.82, 2.24) is 15.1 Å². The Hall–Kier alpha value is -1.10. The van der Waals surface area contributed by atoms with Crippen molar-refractivity contribution < 1.29 is 9.59 Å². The molecule has 1 atom stereocenters. The lowest BCUT2D eigenvalue weighted by Gasteiger charge is -2.23. The third-order valence-corrected chi connectivity index (χ3v) is 4.01. The van der Waals surface area contributed by atoms with E-state index >= 15 is 0 Å². The van der Waals surface area contributed by atoms with Gasteiger partial charge in [0.25, 0.3) is 0 Å². The van der Waals surface area contributed by atoms with Crippen LogP contribution in [-0.2, 0) is 9.59 Å². The third-order valence-electron chi connectivity index (χ3n) is 4.01. The van der Waals surface area contributed by atoms with Gasteiger partial charge in [-0.15, -0.1) is 0 Å². The van der Waals surface area contributed by atoms with E-state index in [-0.39, 0.29) is 18.4 Å². The van der Waals surface area contributed by atoms with Crippen LogP contribution in [0, 0.1) is 5.92 Å². The van der Waals surface area contributed by atoms with Gasteiger partial charge in [-0.1, -0.05) is 13.3 Å². The second kappa shape index (κ2) is 6.89. The molecule has 0 radical (unpaired) electrons. The van der Waals surface area contributed by atoms with Crippen LogP contribution in [0.1, 0.15) is 32.6 Å². The molecule has 5 nitrogen and oxygen atoms in total. The fourth-order valence-electron chi connectivity index (χ4n) is 2.97. The molecule has 5 heteroatoms. The normalized spacial score (nSPS) is 24.7. The van der Waals surface area contributed by atoms with Gasteiger partial charge in [0, 0.05) is 32.6 Å². The van der Waals surface area contributed by atoms with Gasteiger partial charge in [0.05, 0.1) is 6.54 Å². The number of nitrogens with one attached hydrogen (secondary N) is 1. The van der Waals surface area contributed by atoms with E-state index in [9.17, 15) is 9.59 Å². The number of nitrogens with zero attached hydrogens (tertiary/aromatic N) is 2. The SMILES string of the molecule is CCCC1CC(=O)N(CC(=O)N2CCCNCC2)C1. The second-order valence-corrected chi connectivity index (χ2v) is 5.62. The van der Waals surface area contributed by atoms with Crippen LogP contribution >= 0.6 is 0 Å². The average molecular weight is 267 g/mol. The molecule has 2 amide bonds. The predicted molar refractivity (Wildman–Crippen MR) is 73.7 cm³/mol. The molecule has 1 N–H and O–H groups in total. The zero-order valence-electron chi connectivity index (χ0n) is 11.9. The van der Waals surface area contributed by atoms with Crippen LogP contribution in [0.5, 0.6) is 0 Å². The molecule has 1 unspecified atom stereocenters. The van der Waals surface area contributed by atoms with Gasteiger partial charge >= 0.3 is 0 Å². The van der Waals surface area contributed by atoms with Gasteiger partial charge in [0.15, 0.2) is 0 Å². The quantitative estimate of drug-likeness (QED) is 0.805. The minimum atomic E-state index is 0.106. The van der Waals surface area contributed by atoms with Crippen LogP contribution < -0.4 is 5.32 Å². The van der Waals surface area contributed by atoms with Crippen molar-refractivity contribution in [3.8, 4) is 0 Å². The lowest BCUT2D eigenvalue weighted by atomic mass is 10.0. The maximum absolute atomic E-state index is 12.2. The van der Waals surface area contributed by atoms with E-state index in [1.54, 1.807) is 4.90 Å². The number of likely N-dealkylation sites (tertiary alicyclic amines) is 1. The molecule has 0 bridgehead atoms. The molecule has 0 spiro atoms. The fourth-order valence-corrected chi connectivity index (χ4v) is 2.97. The summed E-state index contributed by atoms with van der Waals surface area (Å²) in [6, 6.07) is 0. The van der Waals surface area contributed by atoms with E-state index in [1.165, 1.54) is 0 Å². The fraction of sp³-hybridized carbons (Fsp3) is 0.857. The van der Waals surface area contributed by atoms with E-state index in [2.05, 4.69) is 12.2 Å². The van der Waals surface area contributed by atoms with Gasteiger partial charge in [-0.25, -0.2) is 0 Å². The first kappa shape index (κ1) is 14.3. The van der Waals surface area contributed by atoms with Crippen molar-refractivity contribution in [2.75, 3.05) is 39.3 Å². The summed E-state index contributed by atoms with van der Waals surface area (Å²) in [6.07, 6.45) is 3.82. The first-order chi connectivity index (χ1) is 9.20. The molecule has 108 valence electrons. The van der Waals surface area contributed by atoms with Crippen molar-refractivity contribution in [2.45, 2.75) is 32.6 Å². The summed E-state index contributed by atoms with van der Waals surface area (Å²) in [4.78, 5) is 27.8. The van der Waals surface area contributed by atoms with Gasteiger partial charge in [-0.2, -0.15) is 0 Å². The Kier molecular flexibility index (Phi) is 5.19. The largest absolute Gasteiger partial charge is 0.340 e. The molecule has 0 aromatic heterocycles. The lowest BCUT2D eigenvalue weighted by molar-refractivity contribution is -0.138. The molecule has 0 aliphatic carbocycles. The van der Waals surface area contributed by atoms with E-state index in [0.29, 0.717) is 12.3 Å². The molecular weight excluding hydrogens is 242 g/mol. The summed E-state index contributed by atoms with van der Waals surface area (Å²) in [7, 11) is 0. The predicted octanol–water partition coefficient (Wildman–Crippen LogP) is 0.457. The molecule has 2 rings (SSSR count). The molecular formula is C14H25N3O2. The number of hydrogen-bond acceptors (Lipinski definition) is 3. The number of hydrogen-bond donors (Lipinski definition) is 1. The summed E-state index contributed by atoms with van der Waals surface area (Å²) in [5.74, 6) is 0.713. The number of rotatable bonds is 4. The van der Waals surface area contributed by atoms with Gasteiger partial charge in [0.2, 0.25) is 11.8 Å². The van der Waals surface area contributed by atoms with Crippen LogP contribution in [0.3, 0.4) is 0 Å². The number of carbonyl (C=O) groups excluding carboxylic acids is 2. The van der Waals surface area contributed by atoms with E-state index in [1.807, 2.05) is 4.90 Å². The van der Waals surface area contributed by atoms with Crippen LogP contribution in [0.4, 0.5) is 0 Å². The molecule has 2 aliphatic rings. The molecule has 2 fully saturated rings. The Morgan fingerprint density at radius 3 is 3.00 bits per heavy atom. The smallest absolute Gasteiger partial charge is 0.242 e. The maximum Gasteiger partial charge on any atom is 0.242 e.